The lowest BCUT2D eigenvalue weighted by atomic mass is 9.85. The van der Waals surface area contributed by atoms with Gasteiger partial charge >= 0.3 is 0 Å². The second-order valence-electron chi connectivity index (χ2n) is 11.1. The van der Waals surface area contributed by atoms with E-state index >= 15 is 0 Å². The van der Waals surface area contributed by atoms with Crippen molar-refractivity contribution in [3.05, 3.63) is 53.1 Å². The number of hydrogen-bond acceptors (Lipinski definition) is 11. The molecule has 252 valence electrons. The maximum atomic E-state index is 11.3. The Morgan fingerprint density at radius 1 is 0.522 bits per heavy atom. The van der Waals surface area contributed by atoms with Crippen LogP contribution in [0.2, 0.25) is 0 Å². The highest BCUT2D eigenvalue weighted by atomic mass is 16.6. The smallest absolute Gasteiger partial charge is 0.203 e. The molecule has 1 fully saturated rings. The molecule has 1 N–H and O–H groups in total. The molecule has 1 aliphatic rings. The first-order valence-corrected chi connectivity index (χ1v) is 15.0. The molecular weight excluding hydrogens is 596 g/mol. The SMILES string of the molecule is COc1cc([C@@H](O)[C@H](C)Oc2c(OC)cc([C@@H]3O[C@@H](c4cc(OC)c(OC)c(OC)c4)[C@H](C)[C@@H]3C)cc2OC)cc(OC)c1OC. The summed E-state index contributed by atoms with van der Waals surface area (Å²) in [5, 5.41) is 11.3. The van der Waals surface area contributed by atoms with Gasteiger partial charge in [-0.1, -0.05) is 13.8 Å². The van der Waals surface area contributed by atoms with E-state index in [-0.39, 0.29) is 24.0 Å². The molecule has 0 spiro atoms. The lowest BCUT2D eigenvalue weighted by Gasteiger charge is -2.26. The van der Waals surface area contributed by atoms with Crippen LogP contribution in [-0.4, -0.2) is 68.1 Å². The van der Waals surface area contributed by atoms with Crippen LogP contribution in [0.3, 0.4) is 0 Å². The molecule has 11 heteroatoms. The molecule has 11 nitrogen and oxygen atoms in total. The predicted molar refractivity (Wildman–Crippen MR) is 172 cm³/mol. The molecule has 3 aromatic carbocycles. The Balaban J connectivity index is 1.64. The summed E-state index contributed by atoms with van der Waals surface area (Å²) in [6.45, 7) is 6.08. The number of ether oxygens (including phenoxy) is 10. The third-order valence-corrected chi connectivity index (χ3v) is 8.68. The van der Waals surface area contributed by atoms with Crippen LogP contribution < -0.4 is 42.6 Å². The largest absolute Gasteiger partial charge is 0.493 e. The number of methoxy groups -OCH3 is 8. The van der Waals surface area contributed by atoms with E-state index in [4.69, 9.17) is 47.4 Å². The minimum Gasteiger partial charge on any atom is -0.493 e. The molecule has 1 saturated heterocycles. The van der Waals surface area contributed by atoms with E-state index in [9.17, 15) is 5.11 Å². The summed E-state index contributed by atoms with van der Waals surface area (Å²) in [6.07, 6.45) is -2.29. The highest BCUT2D eigenvalue weighted by Crippen LogP contribution is 2.53. The summed E-state index contributed by atoms with van der Waals surface area (Å²) >= 11 is 0. The molecule has 0 amide bonds. The molecule has 3 aromatic rings. The van der Waals surface area contributed by atoms with E-state index in [2.05, 4.69) is 13.8 Å². The zero-order chi connectivity index (χ0) is 33.7. The van der Waals surface area contributed by atoms with Crippen molar-refractivity contribution >= 4 is 0 Å². The average molecular weight is 643 g/mol. The van der Waals surface area contributed by atoms with Crippen LogP contribution >= 0.6 is 0 Å². The maximum absolute atomic E-state index is 11.3. The first-order valence-electron chi connectivity index (χ1n) is 15.0. The third kappa shape index (κ3) is 6.52. The Morgan fingerprint density at radius 3 is 1.17 bits per heavy atom. The van der Waals surface area contributed by atoms with Crippen LogP contribution in [0.25, 0.3) is 0 Å². The average Bonchev–Trinajstić information content (AvgIpc) is 3.39. The molecule has 0 bridgehead atoms. The molecular formula is C35H46O11. The van der Waals surface area contributed by atoms with Gasteiger partial charge in [-0.05, 0) is 71.8 Å². The fraction of sp³-hybridized carbons (Fsp3) is 0.486. The van der Waals surface area contributed by atoms with Gasteiger partial charge in [0.05, 0.1) is 69.1 Å². The van der Waals surface area contributed by atoms with Crippen LogP contribution in [0.4, 0.5) is 0 Å². The molecule has 6 atom stereocenters. The topological polar surface area (TPSA) is 113 Å². The van der Waals surface area contributed by atoms with Crippen molar-refractivity contribution in [1.29, 1.82) is 0 Å². The normalized spacial score (nSPS) is 20.3. The van der Waals surface area contributed by atoms with E-state index in [1.54, 1.807) is 54.6 Å². The molecule has 0 unspecified atom stereocenters. The standard InChI is InChI=1S/C35H46O11/c1-18-19(2)32(46-31(18)22-14-26(39-6)34(44-11)27(15-22)40-7)23-16-28(41-8)35(29(17-23)42-9)45-20(3)30(36)21-12-24(37-4)33(43-10)25(13-21)38-5/h12-20,30-32,36H,1-11H3/t18-,19+,20+,30+,31-,32-/m1/s1. The van der Waals surface area contributed by atoms with Crippen molar-refractivity contribution in [2.24, 2.45) is 11.8 Å². The van der Waals surface area contributed by atoms with E-state index in [1.807, 2.05) is 24.3 Å². The van der Waals surface area contributed by atoms with E-state index in [0.717, 1.165) is 11.1 Å². The molecule has 0 aromatic heterocycles. The van der Waals surface area contributed by atoms with E-state index < -0.39 is 12.2 Å². The predicted octanol–water partition coefficient (Wildman–Crippen LogP) is 6.34. The number of benzene rings is 3. The van der Waals surface area contributed by atoms with Gasteiger partial charge in [0.25, 0.3) is 0 Å². The molecule has 1 aliphatic heterocycles. The Bertz CT molecular complexity index is 1410. The minimum atomic E-state index is -1.05. The van der Waals surface area contributed by atoms with E-state index in [0.29, 0.717) is 57.3 Å². The first kappa shape index (κ1) is 34.6. The van der Waals surface area contributed by atoms with Gasteiger partial charge < -0.3 is 52.5 Å². The Labute approximate surface area is 271 Å². The van der Waals surface area contributed by atoms with Gasteiger partial charge in [-0.25, -0.2) is 0 Å². The van der Waals surface area contributed by atoms with Gasteiger partial charge in [0.2, 0.25) is 17.2 Å². The first-order chi connectivity index (χ1) is 22.1. The zero-order valence-electron chi connectivity index (χ0n) is 28.5. The molecule has 1 heterocycles. The Morgan fingerprint density at radius 2 is 0.848 bits per heavy atom. The van der Waals surface area contributed by atoms with Crippen molar-refractivity contribution in [2.45, 2.75) is 45.2 Å². The van der Waals surface area contributed by atoms with Gasteiger partial charge in [0, 0.05) is 0 Å². The lowest BCUT2D eigenvalue weighted by Crippen LogP contribution is -2.22. The number of aliphatic hydroxyl groups is 1. The van der Waals surface area contributed by atoms with Crippen LogP contribution in [0.1, 0.15) is 55.8 Å². The van der Waals surface area contributed by atoms with Crippen molar-refractivity contribution < 1.29 is 52.5 Å². The Kier molecular flexibility index (Phi) is 11.2. The van der Waals surface area contributed by atoms with Crippen molar-refractivity contribution in [2.75, 3.05) is 56.9 Å². The van der Waals surface area contributed by atoms with Crippen molar-refractivity contribution in [1.82, 2.24) is 0 Å². The van der Waals surface area contributed by atoms with Crippen LogP contribution in [0, 0.1) is 11.8 Å². The van der Waals surface area contributed by atoms with Crippen LogP contribution in [0.5, 0.6) is 51.7 Å². The second-order valence-corrected chi connectivity index (χ2v) is 11.1. The fourth-order valence-corrected chi connectivity index (χ4v) is 5.96. The number of hydrogen-bond donors (Lipinski definition) is 1. The fourth-order valence-electron chi connectivity index (χ4n) is 5.96. The summed E-state index contributed by atoms with van der Waals surface area (Å²) < 4.78 is 57.7. The Hall–Kier alpha value is -4.22. The number of aliphatic hydroxyl groups excluding tert-OH is 1. The zero-order valence-corrected chi connectivity index (χ0v) is 28.5. The summed E-state index contributed by atoms with van der Waals surface area (Å²) in [6, 6.07) is 11.0. The van der Waals surface area contributed by atoms with Gasteiger partial charge in [-0.3, -0.25) is 0 Å². The highest BCUT2D eigenvalue weighted by Gasteiger charge is 2.42. The molecule has 46 heavy (non-hydrogen) atoms. The van der Waals surface area contributed by atoms with Crippen molar-refractivity contribution in [3.8, 4) is 51.7 Å². The molecule has 4 rings (SSSR count). The van der Waals surface area contributed by atoms with Gasteiger partial charge in [0.1, 0.15) is 12.2 Å². The van der Waals surface area contributed by atoms with E-state index in [1.165, 1.54) is 21.3 Å². The monoisotopic (exact) mass is 642 g/mol. The molecule has 0 radical (unpaired) electrons. The minimum absolute atomic E-state index is 0.131. The number of rotatable bonds is 14. The molecule has 0 aliphatic carbocycles. The quantitative estimate of drug-likeness (QED) is 0.213. The summed E-state index contributed by atoms with van der Waals surface area (Å²) in [5.41, 5.74) is 2.31. The third-order valence-electron chi connectivity index (χ3n) is 8.68. The van der Waals surface area contributed by atoms with Gasteiger partial charge in [-0.2, -0.15) is 0 Å². The summed E-state index contributed by atoms with van der Waals surface area (Å²) in [5.74, 6) is 4.45. The van der Waals surface area contributed by atoms with Crippen LogP contribution in [-0.2, 0) is 4.74 Å². The highest BCUT2D eigenvalue weighted by molar-refractivity contribution is 5.57. The van der Waals surface area contributed by atoms with Gasteiger partial charge in [0.15, 0.2) is 34.5 Å². The summed E-state index contributed by atoms with van der Waals surface area (Å²) in [4.78, 5) is 0. The molecule has 0 saturated carbocycles. The summed E-state index contributed by atoms with van der Waals surface area (Å²) in [7, 11) is 12.5. The van der Waals surface area contributed by atoms with Gasteiger partial charge in [-0.15, -0.1) is 0 Å². The van der Waals surface area contributed by atoms with Crippen LogP contribution in [0.15, 0.2) is 36.4 Å². The van der Waals surface area contributed by atoms with Crippen molar-refractivity contribution in [3.63, 3.8) is 0 Å². The lowest BCUT2D eigenvalue weighted by molar-refractivity contribution is 0.0280. The second kappa shape index (κ2) is 14.9. The maximum Gasteiger partial charge on any atom is 0.203 e.